The Kier molecular flexibility index (Phi) is 5.73. The van der Waals surface area contributed by atoms with E-state index in [2.05, 4.69) is 45.3 Å². The van der Waals surface area contributed by atoms with Crippen molar-refractivity contribution in [1.82, 2.24) is 10.2 Å². The Balaban J connectivity index is 0.00000147. The van der Waals surface area contributed by atoms with Gasteiger partial charge in [-0.2, -0.15) is 0 Å². The lowest BCUT2D eigenvalue weighted by Gasteiger charge is -2.32. The maximum absolute atomic E-state index is 5.81. The highest BCUT2D eigenvalue weighted by molar-refractivity contribution is 9.10. The SMILES string of the molecule is CN(Cc1cc(Br)cc2c1OCC2)C1CCNCC1.Cl. The number of rotatable bonds is 3. The number of nitrogens with one attached hydrogen (secondary N) is 1. The molecule has 1 aromatic carbocycles. The fourth-order valence-electron chi connectivity index (χ4n) is 3.11. The Bertz CT molecular complexity index is 463. The van der Waals surface area contributed by atoms with Crippen LogP contribution in [0.4, 0.5) is 0 Å². The molecule has 1 fully saturated rings. The fourth-order valence-corrected chi connectivity index (χ4v) is 3.66. The van der Waals surface area contributed by atoms with Gasteiger partial charge in [-0.1, -0.05) is 15.9 Å². The molecule has 0 unspecified atom stereocenters. The average Bonchev–Trinajstić information content (AvgIpc) is 2.88. The summed E-state index contributed by atoms with van der Waals surface area (Å²) in [6, 6.07) is 5.09. The highest BCUT2D eigenvalue weighted by Crippen LogP contribution is 2.34. The van der Waals surface area contributed by atoms with Crippen LogP contribution in [-0.2, 0) is 13.0 Å². The molecule has 0 radical (unpaired) electrons. The monoisotopic (exact) mass is 360 g/mol. The zero-order valence-corrected chi connectivity index (χ0v) is 14.2. The van der Waals surface area contributed by atoms with E-state index in [1.165, 1.54) is 28.4 Å². The van der Waals surface area contributed by atoms with Gasteiger partial charge in [0.25, 0.3) is 0 Å². The highest BCUT2D eigenvalue weighted by Gasteiger charge is 2.22. The van der Waals surface area contributed by atoms with E-state index in [9.17, 15) is 0 Å². The number of piperidine rings is 1. The normalized spacial score (nSPS) is 18.6. The molecule has 2 heterocycles. The number of fused-ring (bicyclic) bond motifs is 1. The van der Waals surface area contributed by atoms with Crippen LogP contribution in [0.5, 0.6) is 5.75 Å². The second-order valence-electron chi connectivity index (χ2n) is 5.55. The number of hydrogen-bond donors (Lipinski definition) is 1. The predicted molar refractivity (Wildman–Crippen MR) is 87.9 cm³/mol. The first-order chi connectivity index (χ1) is 9.24. The van der Waals surface area contributed by atoms with Crippen LogP contribution in [-0.4, -0.2) is 37.7 Å². The van der Waals surface area contributed by atoms with Gasteiger partial charge in [0.05, 0.1) is 6.61 Å². The first kappa shape index (κ1) is 16.1. The summed E-state index contributed by atoms with van der Waals surface area (Å²) in [5.41, 5.74) is 2.67. The van der Waals surface area contributed by atoms with Gasteiger partial charge in [0.15, 0.2) is 0 Å². The van der Waals surface area contributed by atoms with Gasteiger partial charge in [-0.25, -0.2) is 0 Å². The topological polar surface area (TPSA) is 24.5 Å². The minimum atomic E-state index is 0. The summed E-state index contributed by atoms with van der Waals surface area (Å²) < 4.78 is 6.98. The molecule has 1 N–H and O–H groups in total. The minimum absolute atomic E-state index is 0. The van der Waals surface area contributed by atoms with E-state index in [1.54, 1.807) is 0 Å². The summed E-state index contributed by atoms with van der Waals surface area (Å²) in [5.74, 6) is 1.13. The molecule has 2 aliphatic heterocycles. The lowest BCUT2D eigenvalue weighted by Crippen LogP contribution is -2.40. The summed E-state index contributed by atoms with van der Waals surface area (Å²) in [6.45, 7) is 4.09. The summed E-state index contributed by atoms with van der Waals surface area (Å²) >= 11 is 3.62. The third-order valence-corrected chi connectivity index (χ3v) is 4.63. The van der Waals surface area contributed by atoms with Gasteiger partial charge in [0.2, 0.25) is 0 Å². The minimum Gasteiger partial charge on any atom is -0.493 e. The molecule has 3 nitrogen and oxygen atoms in total. The lowest BCUT2D eigenvalue weighted by atomic mass is 10.0. The molecular formula is C15H22BrClN2O. The van der Waals surface area contributed by atoms with Gasteiger partial charge in [-0.3, -0.25) is 4.90 Å². The average molecular weight is 362 g/mol. The molecular weight excluding hydrogens is 340 g/mol. The first-order valence-electron chi connectivity index (χ1n) is 7.09. The third-order valence-electron chi connectivity index (χ3n) is 4.18. The van der Waals surface area contributed by atoms with Gasteiger partial charge in [0.1, 0.15) is 5.75 Å². The summed E-state index contributed by atoms with van der Waals surface area (Å²) in [5, 5.41) is 3.43. The van der Waals surface area contributed by atoms with Crippen LogP contribution in [0.15, 0.2) is 16.6 Å². The molecule has 3 rings (SSSR count). The summed E-state index contributed by atoms with van der Waals surface area (Å²) in [4.78, 5) is 2.48. The Morgan fingerprint density at radius 2 is 2.10 bits per heavy atom. The predicted octanol–water partition coefficient (Wildman–Crippen LogP) is 2.99. The maximum atomic E-state index is 5.81. The van der Waals surface area contributed by atoms with Crippen molar-refractivity contribution in [2.75, 3.05) is 26.7 Å². The third kappa shape index (κ3) is 3.48. The lowest BCUT2D eigenvalue weighted by molar-refractivity contribution is 0.189. The number of ether oxygens (including phenoxy) is 1. The van der Waals surface area contributed by atoms with Crippen molar-refractivity contribution < 1.29 is 4.74 Å². The van der Waals surface area contributed by atoms with Crippen molar-refractivity contribution in [1.29, 1.82) is 0 Å². The molecule has 0 saturated carbocycles. The molecule has 2 aliphatic rings. The van der Waals surface area contributed by atoms with Crippen LogP contribution < -0.4 is 10.1 Å². The second kappa shape index (κ2) is 7.12. The van der Waals surface area contributed by atoms with Crippen LogP contribution >= 0.6 is 28.3 Å². The molecule has 0 amide bonds. The molecule has 0 atom stereocenters. The summed E-state index contributed by atoms with van der Waals surface area (Å²) in [6.07, 6.45) is 3.53. The quantitative estimate of drug-likeness (QED) is 0.896. The number of benzene rings is 1. The molecule has 20 heavy (non-hydrogen) atoms. The van der Waals surface area contributed by atoms with Crippen LogP contribution in [0.25, 0.3) is 0 Å². The van der Waals surface area contributed by atoms with Crippen LogP contribution in [0, 0.1) is 0 Å². The van der Waals surface area contributed by atoms with Gasteiger partial charge in [0, 0.05) is 29.0 Å². The van der Waals surface area contributed by atoms with Crippen molar-refractivity contribution in [2.24, 2.45) is 0 Å². The van der Waals surface area contributed by atoms with Crippen molar-refractivity contribution in [3.05, 3.63) is 27.7 Å². The standard InChI is InChI=1S/C15H21BrN2O.ClH/c1-18(14-2-5-17-6-3-14)10-12-9-13(16)8-11-4-7-19-15(11)12;/h8-9,14,17H,2-7,10H2,1H3;1H. The number of hydrogen-bond acceptors (Lipinski definition) is 3. The van der Waals surface area contributed by atoms with Crippen LogP contribution in [0.2, 0.25) is 0 Å². The highest BCUT2D eigenvalue weighted by atomic mass is 79.9. The van der Waals surface area contributed by atoms with E-state index in [4.69, 9.17) is 4.74 Å². The molecule has 0 aliphatic carbocycles. The Morgan fingerprint density at radius 1 is 1.35 bits per heavy atom. The van der Waals surface area contributed by atoms with Crippen molar-refractivity contribution in [3.8, 4) is 5.75 Å². The summed E-state index contributed by atoms with van der Waals surface area (Å²) in [7, 11) is 2.23. The molecule has 112 valence electrons. The van der Waals surface area contributed by atoms with E-state index in [0.717, 1.165) is 38.4 Å². The molecule has 1 saturated heterocycles. The van der Waals surface area contributed by atoms with Crippen molar-refractivity contribution >= 4 is 28.3 Å². The second-order valence-corrected chi connectivity index (χ2v) is 6.46. The maximum Gasteiger partial charge on any atom is 0.127 e. The fraction of sp³-hybridized carbons (Fsp3) is 0.600. The van der Waals surface area contributed by atoms with Crippen molar-refractivity contribution in [2.45, 2.75) is 31.8 Å². The van der Waals surface area contributed by atoms with Gasteiger partial charge in [-0.15, -0.1) is 12.4 Å². The van der Waals surface area contributed by atoms with E-state index in [-0.39, 0.29) is 12.4 Å². The Hall–Kier alpha value is -0.290. The van der Waals surface area contributed by atoms with Crippen molar-refractivity contribution in [3.63, 3.8) is 0 Å². The molecule has 0 spiro atoms. The zero-order valence-electron chi connectivity index (χ0n) is 11.8. The van der Waals surface area contributed by atoms with E-state index in [1.807, 2.05) is 0 Å². The van der Waals surface area contributed by atoms with Crippen LogP contribution in [0.1, 0.15) is 24.0 Å². The number of nitrogens with zero attached hydrogens (tertiary/aromatic N) is 1. The largest absolute Gasteiger partial charge is 0.493 e. The first-order valence-corrected chi connectivity index (χ1v) is 7.88. The Labute approximate surface area is 135 Å². The van der Waals surface area contributed by atoms with E-state index >= 15 is 0 Å². The van der Waals surface area contributed by atoms with Gasteiger partial charge < -0.3 is 10.1 Å². The smallest absolute Gasteiger partial charge is 0.127 e. The van der Waals surface area contributed by atoms with Gasteiger partial charge in [-0.05, 0) is 50.7 Å². The van der Waals surface area contributed by atoms with Gasteiger partial charge >= 0.3 is 0 Å². The zero-order chi connectivity index (χ0) is 13.2. The molecule has 0 aromatic heterocycles. The van der Waals surface area contributed by atoms with E-state index in [0.29, 0.717) is 6.04 Å². The molecule has 1 aromatic rings. The number of halogens is 2. The Morgan fingerprint density at radius 3 is 2.85 bits per heavy atom. The van der Waals surface area contributed by atoms with Crippen LogP contribution in [0.3, 0.4) is 0 Å². The molecule has 0 bridgehead atoms. The molecule has 5 heteroatoms. The van der Waals surface area contributed by atoms with E-state index < -0.39 is 0 Å².